The van der Waals surface area contributed by atoms with Gasteiger partial charge in [-0.3, -0.25) is 4.99 Å². The van der Waals surface area contributed by atoms with Crippen LogP contribution in [0.2, 0.25) is 0 Å². The van der Waals surface area contributed by atoms with Crippen molar-refractivity contribution in [1.82, 2.24) is 15.8 Å². The Kier molecular flexibility index (Phi) is 10.8. The third-order valence-corrected chi connectivity index (χ3v) is 3.95. The molecule has 0 saturated carbocycles. The van der Waals surface area contributed by atoms with Gasteiger partial charge in [0.25, 0.3) is 0 Å². The Labute approximate surface area is 179 Å². The Morgan fingerprint density at radius 2 is 2.00 bits per heavy atom. The van der Waals surface area contributed by atoms with E-state index in [0.29, 0.717) is 25.0 Å². The van der Waals surface area contributed by atoms with Gasteiger partial charge in [0.05, 0.1) is 18.8 Å². The van der Waals surface area contributed by atoms with Crippen molar-refractivity contribution in [1.29, 1.82) is 0 Å². The lowest BCUT2D eigenvalue weighted by Gasteiger charge is -2.12. The highest BCUT2D eigenvalue weighted by molar-refractivity contribution is 14.0. The van der Waals surface area contributed by atoms with Crippen molar-refractivity contribution in [2.24, 2.45) is 4.99 Å². The summed E-state index contributed by atoms with van der Waals surface area (Å²) in [6, 6.07) is 10.1. The molecule has 27 heavy (non-hydrogen) atoms. The van der Waals surface area contributed by atoms with Crippen LogP contribution in [0.3, 0.4) is 0 Å². The molecular weight excluding hydrogens is 455 g/mol. The van der Waals surface area contributed by atoms with Gasteiger partial charge in [0.2, 0.25) is 0 Å². The summed E-state index contributed by atoms with van der Waals surface area (Å²) in [7, 11) is 1.75. The quantitative estimate of drug-likeness (QED) is 0.237. The van der Waals surface area contributed by atoms with Crippen LogP contribution in [-0.4, -0.2) is 24.8 Å². The number of aliphatic imine (C=N–C) groups is 1. The largest absolute Gasteiger partial charge is 0.494 e. The lowest BCUT2D eigenvalue weighted by molar-refractivity contribution is 0.309. The highest BCUT2D eigenvalue weighted by Crippen LogP contribution is 2.14. The molecule has 0 aliphatic rings. The van der Waals surface area contributed by atoms with E-state index in [1.54, 1.807) is 7.05 Å². The van der Waals surface area contributed by atoms with E-state index in [-0.39, 0.29) is 24.0 Å². The number of halogens is 1. The van der Waals surface area contributed by atoms with Crippen molar-refractivity contribution in [2.45, 2.75) is 52.6 Å². The number of rotatable bonds is 9. The zero-order valence-electron chi connectivity index (χ0n) is 16.6. The first kappa shape index (κ1) is 23.3. The highest BCUT2D eigenvalue weighted by Gasteiger charge is 2.08. The number of hydrogen-bond acceptors (Lipinski definition) is 4. The van der Waals surface area contributed by atoms with Gasteiger partial charge in [0.1, 0.15) is 5.75 Å². The highest BCUT2D eigenvalue weighted by atomic mass is 127. The van der Waals surface area contributed by atoms with Gasteiger partial charge < -0.3 is 19.9 Å². The monoisotopic (exact) mass is 486 g/mol. The van der Waals surface area contributed by atoms with E-state index in [1.807, 2.05) is 18.2 Å². The van der Waals surface area contributed by atoms with Crippen LogP contribution >= 0.6 is 24.0 Å². The fourth-order valence-corrected chi connectivity index (χ4v) is 2.34. The summed E-state index contributed by atoms with van der Waals surface area (Å²) in [4.78, 5) is 4.24. The van der Waals surface area contributed by atoms with Crippen LogP contribution in [0.4, 0.5) is 0 Å². The van der Waals surface area contributed by atoms with Crippen molar-refractivity contribution in [3.05, 3.63) is 47.3 Å². The first-order valence-electron chi connectivity index (χ1n) is 9.24. The number of nitrogens with zero attached hydrogens (tertiary/aromatic N) is 2. The Morgan fingerprint density at radius 1 is 1.22 bits per heavy atom. The summed E-state index contributed by atoms with van der Waals surface area (Å²) >= 11 is 0. The zero-order valence-corrected chi connectivity index (χ0v) is 18.9. The van der Waals surface area contributed by atoms with Gasteiger partial charge in [-0.05, 0) is 30.0 Å². The number of unbranched alkanes of at least 4 members (excludes halogenated alkanes) is 1. The van der Waals surface area contributed by atoms with Crippen LogP contribution in [0.1, 0.15) is 56.5 Å². The zero-order chi connectivity index (χ0) is 18.8. The summed E-state index contributed by atoms with van der Waals surface area (Å²) < 4.78 is 11.1. The predicted octanol–water partition coefficient (Wildman–Crippen LogP) is 4.46. The SMILES string of the molecule is CCCCOc1cccc(CNC(=NC)NCc2cc(C(C)C)no2)c1.I. The van der Waals surface area contributed by atoms with Crippen LogP contribution in [-0.2, 0) is 13.1 Å². The Hall–Kier alpha value is -1.77. The van der Waals surface area contributed by atoms with Gasteiger partial charge in [0, 0.05) is 19.7 Å². The van der Waals surface area contributed by atoms with E-state index >= 15 is 0 Å². The molecule has 0 fully saturated rings. The van der Waals surface area contributed by atoms with E-state index in [2.05, 4.69) is 53.7 Å². The number of hydrogen-bond donors (Lipinski definition) is 2. The lowest BCUT2D eigenvalue weighted by Crippen LogP contribution is -2.36. The van der Waals surface area contributed by atoms with Gasteiger partial charge in [-0.2, -0.15) is 0 Å². The van der Waals surface area contributed by atoms with Gasteiger partial charge in [-0.1, -0.05) is 44.5 Å². The molecule has 6 nitrogen and oxygen atoms in total. The first-order valence-corrected chi connectivity index (χ1v) is 9.24. The second-order valence-corrected chi connectivity index (χ2v) is 6.50. The average molecular weight is 486 g/mol. The minimum Gasteiger partial charge on any atom is -0.494 e. The maximum Gasteiger partial charge on any atom is 0.191 e. The van der Waals surface area contributed by atoms with Crippen molar-refractivity contribution in [3.63, 3.8) is 0 Å². The molecule has 0 radical (unpaired) electrons. The topological polar surface area (TPSA) is 71.7 Å². The third-order valence-electron chi connectivity index (χ3n) is 3.95. The molecule has 0 atom stereocenters. The molecule has 150 valence electrons. The maximum atomic E-state index is 5.75. The van der Waals surface area contributed by atoms with Crippen LogP contribution in [0.15, 0.2) is 39.8 Å². The van der Waals surface area contributed by atoms with Crippen LogP contribution in [0.5, 0.6) is 5.75 Å². The van der Waals surface area contributed by atoms with E-state index in [0.717, 1.165) is 42.2 Å². The molecule has 7 heteroatoms. The second-order valence-electron chi connectivity index (χ2n) is 6.50. The van der Waals surface area contributed by atoms with Crippen molar-refractivity contribution >= 4 is 29.9 Å². The van der Waals surface area contributed by atoms with Crippen LogP contribution in [0.25, 0.3) is 0 Å². The molecule has 0 saturated heterocycles. The number of benzene rings is 1. The fraction of sp³-hybridized carbons (Fsp3) is 0.500. The maximum absolute atomic E-state index is 5.75. The second kappa shape index (κ2) is 12.6. The van der Waals surface area contributed by atoms with Crippen molar-refractivity contribution in [3.8, 4) is 5.75 Å². The van der Waals surface area contributed by atoms with Gasteiger partial charge in [0.15, 0.2) is 11.7 Å². The van der Waals surface area contributed by atoms with Gasteiger partial charge in [-0.25, -0.2) is 0 Å². The van der Waals surface area contributed by atoms with Crippen LogP contribution in [0, 0.1) is 0 Å². The standard InChI is InChI=1S/C20H30N4O2.HI/c1-5-6-10-25-17-9-7-8-16(11-17)13-22-20(21-4)23-14-18-12-19(15(2)3)24-26-18;/h7-9,11-12,15H,5-6,10,13-14H2,1-4H3,(H2,21,22,23);1H. The van der Waals surface area contributed by atoms with E-state index < -0.39 is 0 Å². The number of ether oxygens (including phenoxy) is 1. The molecule has 1 aromatic carbocycles. The summed E-state index contributed by atoms with van der Waals surface area (Å²) in [5, 5.41) is 10.6. The van der Waals surface area contributed by atoms with Crippen molar-refractivity contribution < 1.29 is 9.26 Å². The minimum atomic E-state index is 0. The average Bonchev–Trinajstić information content (AvgIpc) is 3.12. The van der Waals surface area contributed by atoms with E-state index in [4.69, 9.17) is 9.26 Å². The Morgan fingerprint density at radius 3 is 2.67 bits per heavy atom. The third kappa shape index (κ3) is 8.19. The molecule has 0 aliphatic carbocycles. The number of nitrogens with one attached hydrogen (secondary N) is 2. The lowest BCUT2D eigenvalue weighted by atomic mass is 10.1. The van der Waals surface area contributed by atoms with Gasteiger partial charge >= 0.3 is 0 Å². The molecule has 1 aromatic heterocycles. The summed E-state index contributed by atoms with van der Waals surface area (Å²) in [6.07, 6.45) is 2.20. The summed E-state index contributed by atoms with van der Waals surface area (Å²) in [5.41, 5.74) is 2.10. The molecule has 0 unspecified atom stereocenters. The first-order chi connectivity index (χ1) is 12.6. The molecule has 0 bridgehead atoms. The molecule has 0 spiro atoms. The Balaban J connectivity index is 0.00000364. The number of aromatic nitrogens is 1. The van der Waals surface area contributed by atoms with Crippen molar-refractivity contribution in [2.75, 3.05) is 13.7 Å². The minimum absolute atomic E-state index is 0. The smallest absolute Gasteiger partial charge is 0.191 e. The normalized spacial score (nSPS) is 11.2. The predicted molar refractivity (Wildman–Crippen MR) is 120 cm³/mol. The summed E-state index contributed by atoms with van der Waals surface area (Å²) in [5.74, 6) is 2.77. The Bertz CT molecular complexity index is 701. The molecule has 1 heterocycles. The fourth-order valence-electron chi connectivity index (χ4n) is 2.34. The van der Waals surface area contributed by atoms with E-state index in [1.165, 1.54) is 0 Å². The molecular formula is C20H31IN4O2. The molecule has 2 N–H and O–H groups in total. The number of guanidine groups is 1. The van der Waals surface area contributed by atoms with Crippen LogP contribution < -0.4 is 15.4 Å². The van der Waals surface area contributed by atoms with Gasteiger partial charge in [-0.15, -0.1) is 24.0 Å². The molecule has 2 rings (SSSR count). The van der Waals surface area contributed by atoms with E-state index in [9.17, 15) is 0 Å². The summed E-state index contributed by atoms with van der Waals surface area (Å²) in [6.45, 7) is 8.31. The molecule has 0 amide bonds. The molecule has 2 aromatic rings. The molecule has 0 aliphatic heterocycles.